The molecule has 2 aliphatic heterocycles. The van der Waals surface area contributed by atoms with E-state index in [1.54, 1.807) is 4.90 Å². The molecule has 1 aromatic carbocycles. The summed E-state index contributed by atoms with van der Waals surface area (Å²) in [6, 6.07) is 9.12. The van der Waals surface area contributed by atoms with Crippen molar-refractivity contribution < 1.29 is 24.2 Å². The van der Waals surface area contributed by atoms with Gasteiger partial charge in [0.05, 0.1) is 6.04 Å². The Hall–Kier alpha value is -2.41. The first-order valence-corrected chi connectivity index (χ1v) is 8.56. The Morgan fingerprint density at radius 3 is 2.56 bits per heavy atom. The lowest BCUT2D eigenvalue weighted by atomic mass is 10.1. The smallest absolute Gasteiger partial charge is 0.332 e. The number of carboxylic acids is 1. The molecule has 0 radical (unpaired) electrons. The maximum atomic E-state index is 12.5. The Morgan fingerprint density at radius 2 is 1.96 bits per heavy atom. The maximum Gasteiger partial charge on any atom is 0.332 e. The highest BCUT2D eigenvalue weighted by Gasteiger charge is 2.36. The van der Waals surface area contributed by atoms with Crippen molar-refractivity contribution in [1.29, 1.82) is 0 Å². The summed E-state index contributed by atoms with van der Waals surface area (Å²) in [5, 5.41) is 11.9. The van der Waals surface area contributed by atoms with E-state index in [1.807, 2.05) is 30.3 Å². The van der Waals surface area contributed by atoms with Gasteiger partial charge >= 0.3 is 5.97 Å². The van der Waals surface area contributed by atoms with E-state index >= 15 is 0 Å². The number of carboxylic acid groups (broad SMARTS) is 1. The summed E-state index contributed by atoms with van der Waals surface area (Å²) >= 11 is 0. The minimum atomic E-state index is -1.04. The summed E-state index contributed by atoms with van der Waals surface area (Å²) in [5.41, 5.74) is 0.906. The summed E-state index contributed by atoms with van der Waals surface area (Å²) in [5.74, 6) is -1.28. The van der Waals surface area contributed by atoms with Gasteiger partial charge in [0.2, 0.25) is 11.8 Å². The molecule has 2 N–H and O–H groups in total. The fourth-order valence-corrected chi connectivity index (χ4v) is 3.31. The number of nitrogens with zero attached hydrogens (tertiary/aromatic N) is 1. The van der Waals surface area contributed by atoms with Crippen LogP contribution in [-0.2, 0) is 19.1 Å². The molecule has 2 fully saturated rings. The molecule has 0 bridgehead atoms. The molecule has 0 saturated carbocycles. The molecule has 1 aromatic rings. The lowest BCUT2D eigenvalue weighted by molar-refractivity contribution is -0.152. The molecule has 2 heterocycles. The highest BCUT2D eigenvalue weighted by atomic mass is 16.5. The first-order valence-electron chi connectivity index (χ1n) is 8.56. The summed E-state index contributed by atoms with van der Waals surface area (Å²) in [6.07, 6.45) is 0.399. The van der Waals surface area contributed by atoms with Crippen molar-refractivity contribution in [2.45, 2.75) is 43.9 Å². The molecule has 0 aromatic heterocycles. The Bertz CT molecular complexity index is 648. The number of aliphatic carboxylic acids is 1. The molecule has 7 heteroatoms. The van der Waals surface area contributed by atoms with Crippen LogP contribution in [0.5, 0.6) is 0 Å². The van der Waals surface area contributed by atoms with E-state index < -0.39 is 18.2 Å². The highest BCUT2D eigenvalue weighted by Crippen LogP contribution is 2.23. The summed E-state index contributed by atoms with van der Waals surface area (Å²) in [7, 11) is 0. The van der Waals surface area contributed by atoms with E-state index in [9.17, 15) is 14.4 Å². The number of rotatable bonds is 6. The first kappa shape index (κ1) is 17.4. The molecule has 0 spiro atoms. The molecule has 2 aliphatic rings. The second kappa shape index (κ2) is 7.65. The van der Waals surface area contributed by atoms with E-state index in [0.717, 1.165) is 12.0 Å². The van der Waals surface area contributed by atoms with Crippen molar-refractivity contribution in [3.63, 3.8) is 0 Å². The average Bonchev–Trinajstić information content (AvgIpc) is 3.25. The maximum absolute atomic E-state index is 12.5. The zero-order chi connectivity index (χ0) is 17.8. The van der Waals surface area contributed by atoms with Gasteiger partial charge in [-0.05, 0) is 24.8 Å². The fourth-order valence-electron chi connectivity index (χ4n) is 3.31. The van der Waals surface area contributed by atoms with Crippen LogP contribution in [0.15, 0.2) is 30.3 Å². The summed E-state index contributed by atoms with van der Waals surface area (Å²) in [6.45, 7) is 1.10. The van der Waals surface area contributed by atoms with Crippen molar-refractivity contribution in [1.82, 2.24) is 10.2 Å². The van der Waals surface area contributed by atoms with Crippen molar-refractivity contribution in [2.24, 2.45) is 0 Å². The number of benzene rings is 1. The van der Waals surface area contributed by atoms with E-state index in [2.05, 4.69) is 5.32 Å². The van der Waals surface area contributed by atoms with Gasteiger partial charge in [-0.25, -0.2) is 4.79 Å². The molecular formula is C18H22N2O5. The number of carbonyl (C=O) groups excluding carboxylic acids is 2. The van der Waals surface area contributed by atoms with Gasteiger partial charge in [0.1, 0.15) is 6.10 Å². The first-order chi connectivity index (χ1) is 12.0. The third-order valence-electron chi connectivity index (χ3n) is 4.68. The summed E-state index contributed by atoms with van der Waals surface area (Å²) in [4.78, 5) is 37.2. The van der Waals surface area contributed by atoms with Crippen LogP contribution in [0.2, 0.25) is 0 Å². The Labute approximate surface area is 146 Å². The van der Waals surface area contributed by atoms with Crippen LogP contribution in [-0.4, -0.2) is 53.1 Å². The number of likely N-dealkylation sites (tertiary alicyclic amines) is 1. The van der Waals surface area contributed by atoms with Gasteiger partial charge < -0.3 is 20.1 Å². The molecule has 0 aliphatic carbocycles. The Morgan fingerprint density at radius 1 is 1.24 bits per heavy atom. The number of hydrogen-bond donors (Lipinski definition) is 2. The SMILES string of the molecule is O=C(NC(CN1CCCC1=O)c1ccccc1)[C@@H]1CC[C@H](C(=O)O)O1. The predicted octanol–water partition coefficient (Wildman–Crippen LogP) is 1.10. The Kier molecular flexibility index (Phi) is 5.33. The number of carbonyl (C=O) groups is 3. The minimum Gasteiger partial charge on any atom is -0.479 e. The zero-order valence-electron chi connectivity index (χ0n) is 13.9. The van der Waals surface area contributed by atoms with Crippen molar-refractivity contribution in [2.75, 3.05) is 13.1 Å². The largest absolute Gasteiger partial charge is 0.479 e. The molecule has 2 saturated heterocycles. The minimum absolute atomic E-state index is 0.0956. The van der Waals surface area contributed by atoms with Crippen molar-refractivity contribution in [3.8, 4) is 0 Å². The monoisotopic (exact) mass is 346 g/mol. The van der Waals surface area contributed by atoms with Gasteiger partial charge in [-0.15, -0.1) is 0 Å². The molecule has 25 heavy (non-hydrogen) atoms. The molecule has 2 amide bonds. The normalized spacial score (nSPS) is 24.3. The van der Waals surface area contributed by atoms with Crippen molar-refractivity contribution >= 4 is 17.8 Å². The van der Waals surface area contributed by atoms with Crippen LogP contribution >= 0.6 is 0 Å². The fraction of sp³-hybridized carbons (Fsp3) is 0.500. The van der Waals surface area contributed by atoms with Crippen LogP contribution in [0, 0.1) is 0 Å². The van der Waals surface area contributed by atoms with Gasteiger partial charge in [-0.2, -0.15) is 0 Å². The summed E-state index contributed by atoms with van der Waals surface area (Å²) < 4.78 is 5.32. The second-order valence-electron chi connectivity index (χ2n) is 6.44. The van der Waals surface area contributed by atoms with Gasteiger partial charge in [-0.3, -0.25) is 9.59 Å². The van der Waals surface area contributed by atoms with Crippen LogP contribution in [0.4, 0.5) is 0 Å². The lowest BCUT2D eigenvalue weighted by Gasteiger charge is -2.26. The lowest BCUT2D eigenvalue weighted by Crippen LogP contribution is -2.42. The van der Waals surface area contributed by atoms with Gasteiger partial charge in [0, 0.05) is 19.5 Å². The Balaban J connectivity index is 1.68. The number of hydrogen-bond acceptors (Lipinski definition) is 4. The van der Waals surface area contributed by atoms with Gasteiger partial charge in [-0.1, -0.05) is 30.3 Å². The predicted molar refractivity (Wildman–Crippen MR) is 88.7 cm³/mol. The van der Waals surface area contributed by atoms with E-state index in [4.69, 9.17) is 9.84 Å². The zero-order valence-corrected chi connectivity index (χ0v) is 13.9. The van der Waals surface area contributed by atoms with Crippen LogP contribution in [0.25, 0.3) is 0 Å². The molecule has 7 nitrogen and oxygen atoms in total. The third-order valence-corrected chi connectivity index (χ3v) is 4.68. The highest BCUT2D eigenvalue weighted by molar-refractivity contribution is 5.83. The van der Waals surface area contributed by atoms with Crippen molar-refractivity contribution in [3.05, 3.63) is 35.9 Å². The van der Waals surface area contributed by atoms with E-state index in [0.29, 0.717) is 32.4 Å². The number of nitrogens with one attached hydrogen (secondary N) is 1. The van der Waals surface area contributed by atoms with Gasteiger partial charge in [0.15, 0.2) is 6.10 Å². The third kappa shape index (κ3) is 4.17. The van der Waals surface area contributed by atoms with Crippen LogP contribution in [0.1, 0.15) is 37.3 Å². The molecule has 1 unspecified atom stereocenters. The van der Waals surface area contributed by atoms with E-state index in [-0.39, 0.29) is 17.9 Å². The van der Waals surface area contributed by atoms with Crippen LogP contribution in [0.3, 0.4) is 0 Å². The quantitative estimate of drug-likeness (QED) is 0.804. The second-order valence-corrected chi connectivity index (χ2v) is 6.44. The standard InChI is InChI=1S/C18H22N2O5/c21-16-7-4-10-20(16)11-13(12-5-2-1-3-6-12)19-17(22)14-8-9-15(25-14)18(23)24/h1-3,5-6,13-15H,4,7-11H2,(H,19,22)(H,23,24)/t13?,14-,15+/m0/s1. The molecule has 134 valence electrons. The molecule has 3 rings (SSSR count). The molecule has 3 atom stereocenters. The topological polar surface area (TPSA) is 95.9 Å². The average molecular weight is 346 g/mol. The molecular weight excluding hydrogens is 324 g/mol. The van der Waals surface area contributed by atoms with Crippen LogP contribution < -0.4 is 5.32 Å². The van der Waals surface area contributed by atoms with E-state index in [1.165, 1.54) is 0 Å². The number of amides is 2. The number of ether oxygens (including phenoxy) is 1. The van der Waals surface area contributed by atoms with Gasteiger partial charge in [0.25, 0.3) is 0 Å².